The molecule has 0 fully saturated rings. The number of carbonyl (C=O) groups is 3. The lowest BCUT2D eigenvalue weighted by Crippen LogP contribution is -2.39. The number of halogens is 1. The van der Waals surface area contributed by atoms with Crippen molar-refractivity contribution >= 4 is 33.8 Å². The van der Waals surface area contributed by atoms with E-state index in [1.807, 2.05) is 0 Å². The average Bonchev–Trinajstić information content (AvgIpc) is 2.26. The summed E-state index contributed by atoms with van der Waals surface area (Å²) >= 11 is 3.16. The number of amides is 1. The fourth-order valence-corrected chi connectivity index (χ4v) is 1.79. The van der Waals surface area contributed by atoms with Gasteiger partial charge in [-0.3, -0.25) is 14.4 Å². The zero-order chi connectivity index (χ0) is 13.7. The molecule has 1 aromatic rings. The van der Waals surface area contributed by atoms with Crippen LogP contribution in [0.25, 0.3) is 0 Å². The van der Waals surface area contributed by atoms with E-state index >= 15 is 0 Å². The summed E-state index contributed by atoms with van der Waals surface area (Å²) in [6.07, 6.45) is 0. The fraction of sp³-hybridized carbons (Fsp3) is 0.182. The molecule has 0 bridgehead atoms. The Balaban J connectivity index is 2.98. The van der Waals surface area contributed by atoms with E-state index in [1.54, 1.807) is 18.2 Å². The number of nitrogens with zero attached hydrogens (tertiary/aromatic N) is 1. The average molecular weight is 316 g/mol. The normalized spacial score (nSPS) is 9.83. The molecule has 1 aromatic carbocycles. The van der Waals surface area contributed by atoms with Gasteiger partial charge in [0, 0.05) is 4.47 Å². The second-order valence-electron chi connectivity index (χ2n) is 3.43. The maximum absolute atomic E-state index is 12.0. The van der Waals surface area contributed by atoms with Gasteiger partial charge in [-0.25, -0.2) is 0 Å². The van der Waals surface area contributed by atoms with Crippen LogP contribution >= 0.6 is 15.9 Å². The number of hydrogen-bond donors (Lipinski definition) is 2. The predicted molar refractivity (Wildman–Crippen MR) is 65.3 cm³/mol. The van der Waals surface area contributed by atoms with Crippen molar-refractivity contribution in [1.29, 1.82) is 0 Å². The molecule has 96 valence electrons. The number of aliphatic carboxylic acids is 2. The number of carboxylic acids is 2. The van der Waals surface area contributed by atoms with Crippen molar-refractivity contribution in [3.8, 4) is 0 Å². The van der Waals surface area contributed by atoms with Crippen molar-refractivity contribution in [1.82, 2.24) is 4.90 Å². The van der Waals surface area contributed by atoms with Gasteiger partial charge >= 0.3 is 11.9 Å². The van der Waals surface area contributed by atoms with Crippen molar-refractivity contribution in [3.63, 3.8) is 0 Å². The molecule has 0 atom stereocenters. The van der Waals surface area contributed by atoms with Crippen LogP contribution in [-0.2, 0) is 9.59 Å². The highest BCUT2D eigenvalue weighted by Crippen LogP contribution is 2.17. The van der Waals surface area contributed by atoms with Crippen LogP contribution < -0.4 is 0 Å². The standard InChI is InChI=1S/C11H10BrNO5/c12-8-4-2-1-3-7(8)11(18)13(5-9(14)15)6-10(16)17/h1-4H,5-6H2,(H,14,15)(H,16,17). The molecule has 1 amide bonds. The van der Waals surface area contributed by atoms with Crippen LogP contribution in [0.3, 0.4) is 0 Å². The van der Waals surface area contributed by atoms with Crippen LogP contribution in [0.1, 0.15) is 10.4 Å². The molecule has 6 nitrogen and oxygen atoms in total. The summed E-state index contributed by atoms with van der Waals surface area (Å²) in [6, 6.07) is 6.41. The van der Waals surface area contributed by atoms with E-state index in [0.717, 1.165) is 4.90 Å². The third kappa shape index (κ3) is 3.85. The molecular formula is C11H10BrNO5. The van der Waals surface area contributed by atoms with Gasteiger partial charge in [0.05, 0.1) is 5.56 Å². The van der Waals surface area contributed by atoms with E-state index in [-0.39, 0.29) is 5.56 Å². The van der Waals surface area contributed by atoms with Crippen molar-refractivity contribution in [2.45, 2.75) is 0 Å². The van der Waals surface area contributed by atoms with Gasteiger partial charge in [-0.05, 0) is 28.1 Å². The second-order valence-corrected chi connectivity index (χ2v) is 4.28. The Morgan fingerprint density at radius 3 is 2.00 bits per heavy atom. The van der Waals surface area contributed by atoms with Gasteiger partial charge in [0.25, 0.3) is 5.91 Å². The predicted octanol–water partition coefficient (Wildman–Crippen LogP) is 1.06. The Bertz CT molecular complexity index is 472. The Morgan fingerprint density at radius 2 is 1.56 bits per heavy atom. The number of carbonyl (C=O) groups excluding carboxylic acids is 1. The molecule has 0 aromatic heterocycles. The van der Waals surface area contributed by atoms with E-state index in [1.165, 1.54) is 6.07 Å². The molecule has 7 heteroatoms. The molecule has 0 saturated carbocycles. The van der Waals surface area contributed by atoms with Gasteiger partial charge < -0.3 is 15.1 Å². The Morgan fingerprint density at radius 1 is 1.06 bits per heavy atom. The summed E-state index contributed by atoms with van der Waals surface area (Å²) in [6.45, 7) is -1.32. The van der Waals surface area contributed by atoms with Gasteiger partial charge in [0.1, 0.15) is 13.1 Å². The van der Waals surface area contributed by atoms with Crippen LogP contribution in [0, 0.1) is 0 Å². The zero-order valence-electron chi connectivity index (χ0n) is 9.17. The highest BCUT2D eigenvalue weighted by Gasteiger charge is 2.22. The zero-order valence-corrected chi connectivity index (χ0v) is 10.8. The lowest BCUT2D eigenvalue weighted by atomic mass is 10.2. The highest BCUT2D eigenvalue weighted by atomic mass is 79.9. The molecule has 0 unspecified atom stereocenters. The summed E-state index contributed by atoms with van der Waals surface area (Å²) < 4.78 is 0.482. The lowest BCUT2D eigenvalue weighted by Gasteiger charge is -2.19. The van der Waals surface area contributed by atoms with Gasteiger partial charge in [-0.2, -0.15) is 0 Å². The quantitative estimate of drug-likeness (QED) is 0.847. The van der Waals surface area contributed by atoms with Crippen molar-refractivity contribution in [2.24, 2.45) is 0 Å². The molecule has 0 heterocycles. The molecule has 0 aliphatic rings. The smallest absolute Gasteiger partial charge is 0.323 e. The first kappa shape index (κ1) is 14.2. The molecule has 0 aliphatic heterocycles. The van der Waals surface area contributed by atoms with Gasteiger partial charge in [-0.1, -0.05) is 12.1 Å². The summed E-state index contributed by atoms with van der Waals surface area (Å²) in [5.74, 6) is -3.18. The maximum Gasteiger partial charge on any atom is 0.323 e. The van der Waals surface area contributed by atoms with Crippen LogP contribution in [-0.4, -0.2) is 46.0 Å². The molecule has 2 N–H and O–H groups in total. The molecule has 0 spiro atoms. The Kier molecular flexibility index (Phi) is 4.85. The van der Waals surface area contributed by atoms with E-state index in [9.17, 15) is 14.4 Å². The van der Waals surface area contributed by atoms with Gasteiger partial charge in [-0.15, -0.1) is 0 Å². The third-order valence-electron chi connectivity index (χ3n) is 2.04. The molecular weight excluding hydrogens is 306 g/mol. The molecule has 0 radical (unpaired) electrons. The highest BCUT2D eigenvalue weighted by molar-refractivity contribution is 9.10. The number of hydrogen-bond acceptors (Lipinski definition) is 3. The first-order valence-corrected chi connectivity index (χ1v) is 5.68. The third-order valence-corrected chi connectivity index (χ3v) is 2.74. The topological polar surface area (TPSA) is 94.9 Å². The van der Waals surface area contributed by atoms with Crippen molar-refractivity contribution < 1.29 is 24.6 Å². The molecule has 18 heavy (non-hydrogen) atoms. The fourth-order valence-electron chi connectivity index (χ4n) is 1.33. The van der Waals surface area contributed by atoms with E-state index < -0.39 is 30.9 Å². The minimum Gasteiger partial charge on any atom is -0.480 e. The van der Waals surface area contributed by atoms with E-state index in [2.05, 4.69) is 15.9 Å². The molecule has 0 aliphatic carbocycles. The number of carboxylic acid groups (broad SMARTS) is 2. The summed E-state index contributed by atoms with van der Waals surface area (Å²) in [5.41, 5.74) is 0.222. The van der Waals surface area contributed by atoms with Crippen molar-refractivity contribution in [2.75, 3.05) is 13.1 Å². The van der Waals surface area contributed by atoms with E-state index in [0.29, 0.717) is 4.47 Å². The summed E-state index contributed by atoms with van der Waals surface area (Å²) in [5, 5.41) is 17.3. The molecule has 0 saturated heterocycles. The Hall–Kier alpha value is -1.89. The SMILES string of the molecule is O=C(O)CN(CC(=O)O)C(=O)c1ccccc1Br. The minimum atomic E-state index is -1.27. The summed E-state index contributed by atoms with van der Waals surface area (Å²) in [7, 11) is 0. The van der Waals surface area contributed by atoms with Crippen LogP contribution in [0.5, 0.6) is 0 Å². The summed E-state index contributed by atoms with van der Waals surface area (Å²) in [4.78, 5) is 34.0. The van der Waals surface area contributed by atoms with Crippen LogP contribution in [0.4, 0.5) is 0 Å². The monoisotopic (exact) mass is 315 g/mol. The van der Waals surface area contributed by atoms with E-state index in [4.69, 9.17) is 10.2 Å². The first-order chi connectivity index (χ1) is 8.41. The van der Waals surface area contributed by atoms with Gasteiger partial charge in [0.15, 0.2) is 0 Å². The van der Waals surface area contributed by atoms with Crippen molar-refractivity contribution in [3.05, 3.63) is 34.3 Å². The minimum absolute atomic E-state index is 0.222. The lowest BCUT2D eigenvalue weighted by molar-refractivity contribution is -0.140. The van der Waals surface area contributed by atoms with Crippen LogP contribution in [0.2, 0.25) is 0 Å². The molecule has 1 rings (SSSR count). The maximum atomic E-state index is 12.0. The number of rotatable bonds is 5. The van der Waals surface area contributed by atoms with Gasteiger partial charge in [0.2, 0.25) is 0 Å². The number of benzene rings is 1. The second kappa shape index (κ2) is 6.15. The first-order valence-electron chi connectivity index (χ1n) is 4.89. The van der Waals surface area contributed by atoms with Crippen LogP contribution in [0.15, 0.2) is 28.7 Å². The Labute approximate surface area is 111 Å². The largest absolute Gasteiger partial charge is 0.480 e.